The van der Waals surface area contributed by atoms with Crippen LogP contribution in [0, 0.1) is 0 Å². The number of para-hydroxylation sites is 1. The van der Waals surface area contributed by atoms with Gasteiger partial charge in [0.25, 0.3) is 0 Å². The number of thiophene rings is 1. The van der Waals surface area contributed by atoms with Gasteiger partial charge in [0.2, 0.25) is 10.6 Å². The molecule has 8 N–H and O–H groups in total. The molecule has 0 bridgehead atoms. The van der Waals surface area contributed by atoms with E-state index < -0.39 is 17.7 Å². The topological polar surface area (TPSA) is 254 Å². The summed E-state index contributed by atoms with van der Waals surface area (Å²) in [7, 11) is 0. The number of allylic oxidation sites excluding steroid dienone is 1. The molecule has 0 aliphatic carbocycles. The Balaban J connectivity index is 0.000000179. The SMILES string of the molecule is C.C.CC(=O)c1cc2ccc(Br)cc2[nH]1.CC(C)(C)OC(=O)n1ccc2cc(Nc3ccnc(Cl)n3)ccc21.Clc1nccc(Nc2ccc(C3=CCN=C3)cc2)n1.NC1CCN(c2ccccc2Cl)CC1.NC1CCOC1.O=C(O)c1cc2ccc(Br)cc2s1. The van der Waals surface area contributed by atoms with Crippen molar-refractivity contribution in [2.24, 2.45) is 16.5 Å². The Bertz CT molecular complexity index is 4020. The van der Waals surface area contributed by atoms with Crippen LogP contribution in [0.3, 0.4) is 0 Å². The van der Waals surface area contributed by atoms with Gasteiger partial charge in [-0.15, -0.1) is 11.3 Å². The Labute approximate surface area is 565 Å². The van der Waals surface area contributed by atoms with Crippen molar-refractivity contribution in [2.75, 3.05) is 48.4 Å². The number of anilines is 5. The first-order chi connectivity index (χ1) is 42.6. The number of carboxylic acid groups (broad SMARTS) is 1. The van der Waals surface area contributed by atoms with Crippen LogP contribution in [0.5, 0.6) is 0 Å². The molecule has 8 heterocycles. The standard InChI is InChI=1S/C17H17ClN4O2.C14H11ClN4.C11H15ClN2.C10H8BrNO.C9H5BrO2S.C4H9NO.2CH4/c1-17(2,3)24-16(23)22-9-7-11-10-12(4-5-13(11)22)20-14-6-8-19-15(18)21-14;15-14-17-8-6-13(19-14)18-12-3-1-10(2-4-12)11-5-7-16-9-11;12-10-3-1-2-4-11(10)14-7-5-9(13)6-8-14;1-6(13)9-4-7-2-3-8(11)5-10(7)12-9;10-6-2-1-5-3-8(9(11)12)13-7(5)4-6;5-4-1-2-6-3-4;;/h4-10H,1-3H3,(H,19,20,21);1-6,8-9H,7H2,(H,17,18,19);1-4,9H,5-8,13H2;2-5,12H,1H3;1-4H,(H,11,12);4H,1-3,5H2;2*1H4. The molecule has 0 spiro atoms. The van der Waals surface area contributed by atoms with E-state index in [-0.39, 0.29) is 31.2 Å². The highest BCUT2D eigenvalue weighted by atomic mass is 79.9. The number of rotatable bonds is 8. The highest BCUT2D eigenvalue weighted by molar-refractivity contribution is 9.10. The number of fused-ring (bicyclic) bond motifs is 3. The summed E-state index contributed by atoms with van der Waals surface area (Å²) in [6.45, 7) is 11.5. The number of hydrogen-bond acceptors (Lipinski definition) is 16. The quantitative estimate of drug-likeness (QED) is 0.0611. The third-order valence-electron chi connectivity index (χ3n) is 13.3. The van der Waals surface area contributed by atoms with E-state index in [1.807, 2.05) is 136 Å². The minimum atomic E-state index is -0.864. The molecule has 10 aromatic rings. The Hall–Kier alpha value is -7.57. The van der Waals surface area contributed by atoms with Gasteiger partial charge in [-0.25, -0.2) is 29.5 Å². The van der Waals surface area contributed by atoms with Crippen LogP contribution in [-0.4, -0.2) is 109 Å². The molecule has 3 aliphatic rings. The summed E-state index contributed by atoms with van der Waals surface area (Å²) in [6, 6.07) is 42.9. The second-order valence-corrected chi connectivity index (χ2v) is 25.3. The van der Waals surface area contributed by atoms with E-state index in [2.05, 4.69) is 89.4 Å². The molecule has 13 rings (SSSR count). The maximum absolute atomic E-state index is 12.2. The molecule has 91 heavy (non-hydrogen) atoms. The number of nitrogens with two attached hydrogens (primary N) is 2. The number of Topliss-reactive ketones (excluding diaryl/α,β-unsaturated/α-hetero) is 1. The average Bonchev–Trinajstić information content (AvgIpc) is 1.81. The van der Waals surface area contributed by atoms with Crippen LogP contribution in [0.4, 0.5) is 33.5 Å². The number of hydrogen-bond donors (Lipinski definition) is 6. The Morgan fingerprint density at radius 1 is 0.747 bits per heavy atom. The summed E-state index contributed by atoms with van der Waals surface area (Å²) in [6.07, 6.45) is 11.7. The van der Waals surface area contributed by atoms with Crippen LogP contribution in [0.2, 0.25) is 15.6 Å². The van der Waals surface area contributed by atoms with Crippen molar-refractivity contribution in [3.63, 3.8) is 0 Å². The summed E-state index contributed by atoms with van der Waals surface area (Å²) in [5, 5.41) is 19.3. The van der Waals surface area contributed by atoms with Crippen LogP contribution in [0.15, 0.2) is 172 Å². The fourth-order valence-electron chi connectivity index (χ4n) is 8.89. The number of ketones is 1. The molecular weight excluding hydrogens is 1370 g/mol. The van der Waals surface area contributed by atoms with E-state index in [1.54, 1.807) is 43.7 Å². The van der Waals surface area contributed by atoms with Crippen LogP contribution in [0.1, 0.15) is 87.5 Å². The Morgan fingerprint density at radius 2 is 1.38 bits per heavy atom. The lowest BCUT2D eigenvalue weighted by atomic mass is 10.1. The lowest BCUT2D eigenvalue weighted by molar-refractivity contribution is 0.0543. The summed E-state index contributed by atoms with van der Waals surface area (Å²) in [5.41, 5.74) is 18.4. The molecule has 478 valence electrons. The largest absolute Gasteiger partial charge is 0.477 e. The molecule has 2 saturated heterocycles. The van der Waals surface area contributed by atoms with Gasteiger partial charge >= 0.3 is 12.1 Å². The molecule has 1 atom stereocenters. The van der Waals surface area contributed by atoms with Crippen LogP contribution in [0.25, 0.3) is 37.5 Å². The zero-order valence-corrected chi connectivity index (χ0v) is 55.2. The van der Waals surface area contributed by atoms with Gasteiger partial charge in [-0.3, -0.25) is 14.4 Å². The number of carboxylic acids is 1. The lowest BCUT2D eigenvalue weighted by Gasteiger charge is -2.32. The van der Waals surface area contributed by atoms with Gasteiger partial charge in [0, 0.05) is 105 Å². The van der Waals surface area contributed by atoms with E-state index in [9.17, 15) is 14.4 Å². The number of carbonyl (C=O) groups excluding carboxylic acids is 2. The maximum Gasteiger partial charge on any atom is 0.418 e. The maximum atomic E-state index is 12.2. The monoisotopic (exact) mass is 1440 g/mol. The van der Waals surface area contributed by atoms with Crippen LogP contribution in [-0.2, 0) is 9.47 Å². The number of aliphatic imine (C=N–C) groups is 1. The molecular formula is C67H73Br2Cl3N12O6S. The number of piperidine rings is 1. The fraction of sp³-hybridized carbons (Fsp3) is 0.254. The minimum Gasteiger partial charge on any atom is -0.477 e. The first-order valence-electron chi connectivity index (χ1n) is 28.1. The predicted octanol–water partition coefficient (Wildman–Crippen LogP) is 17.7. The van der Waals surface area contributed by atoms with Crippen molar-refractivity contribution in [3.8, 4) is 0 Å². The number of aromatic nitrogens is 6. The van der Waals surface area contributed by atoms with Crippen molar-refractivity contribution in [1.29, 1.82) is 0 Å². The third-order valence-corrected chi connectivity index (χ3v) is 16.1. The van der Waals surface area contributed by atoms with E-state index in [0.29, 0.717) is 34.3 Å². The first kappa shape index (κ1) is 72.5. The number of benzene rings is 5. The van der Waals surface area contributed by atoms with E-state index in [4.69, 9.17) is 60.9 Å². The van der Waals surface area contributed by atoms with Gasteiger partial charge < -0.3 is 46.6 Å². The summed E-state index contributed by atoms with van der Waals surface area (Å²) in [5.74, 6) is 0.472. The van der Waals surface area contributed by atoms with E-state index >= 15 is 0 Å². The Kier molecular flexibility index (Phi) is 27.7. The van der Waals surface area contributed by atoms with Crippen molar-refractivity contribution >= 4 is 168 Å². The number of aromatic amines is 1. The summed E-state index contributed by atoms with van der Waals surface area (Å²) >= 11 is 25.6. The predicted molar refractivity (Wildman–Crippen MR) is 382 cm³/mol. The molecule has 1 unspecified atom stereocenters. The zero-order chi connectivity index (χ0) is 63.6. The van der Waals surface area contributed by atoms with Gasteiger partial charge in [0.05, 0.1) is 35.1 Å². The molecule has 2 fully saturated rings. The molecule has 5 aromatic heterocycles. The molecule has 3 aliphatic heterocycles. The summed E-state index contributed by atoms with van der Waals surface area (Å²) < 4.78 is 14.8. The molecule has 18 nitrogen and oxygen atoms in total. The van der Waals surface area contributed by atoms with Crippen molar-refractivity contribution < 1.29 is 29.0 Å². The fourth-order valence-corrected chi connectivity index (χ4v) is 11.3. The van der Waals surface area contributed by atoms with Gasteiger partial charge in [-0.2, -0.15) is 0 Å². The number of ether oxygens (including phenoxy) is 2. The number of nitrogens with zero attached hydrogens (tertiary/aromatic N) is 7. The van der Waals surface area contributed by atoms with E-state index in [1.165, 1.54) is 15.9 Å². The van der Waals surface area contributed by atoms with Crippen molar-refractivity contribution in [3.05, 3.63) is 199 Å². The second-order valence-electron chi connectivity index (χ2n) is 21.3. The first-order valence-corrected chi connectivity index (χ1v) is 31.6. The average molecular weight is 1440 g/mol. The normalized spacial score (nSPS) is 14.0. The van der Waals surface area contributed by atoms with E-state index in [0.717, 1.165) is 126 Å². The molecule has 0 saturated carbocycles. The molecule has 24 heteroatoms. The number of halogens is 5. The second kappa shape index (κ2) is 34.7. The Morgan fingerprint density at radius 3 is 1.96 bits per heavy atom. The number of H-pyrrole nitrogens is 1. The van der Waals surface area contributed by atoms with Gasteiger partial charge in [0.1, 0.15) is 22.1 Å². The van der Waals surface area contributed by atoms with Crippen LogP contribution >= 0.6 is 78.0 Å². The lowest BCUT2D eigenvalue weighted by Crippen LogP contribution is -2.39. The van der Waals surface area contributed by atoms with Crippen molar-refractivity contribution in [2.45, 2.75) is 79.5 Å². The smallest absolute Gasteiger partial charge is 0.418 e. The number of nitrogens with one attached hydrogen (secondary N) is 3. The highest BCUT2D eigenvalue weighted by Crippen LogP contribution is 2.30. The molecule has 5 aromatic carbocycles. The van der Waals surface area contributed by atoms with Crippen LogP contribution < -0.4 is 27.0 Å². The third kappa shape index (κ3) is 22.4. The number of carbonyl (C=O) groups is 3. The molecule has 0 amide bonds. The summed E-state index contributed by atoms with van der Waals surface area (Å²) in [4.78, 5) is 59.7. The van der Waals surface area contributed by atoms with Gasteiger partial charge in [-0.05, 0) is 177 Å². The van der Waals surface area contributed by atoms with Gasteiger partial charge in [0.15, 0.2) is 5.78 Å². The highest BCUT2D eigenvalue weighted by Gasteiger charge is 2.20. The minimum absolute atomic E-state index is 0. The van der Waals surface area contributed by atoms with Crippen molar-refractivity contribution in [1.82, 2.24) is 29.5 Å². The molecule has 0 radical (unpaired) electrons. The number of aromatic carboxylic acids is 1. The zero-order valence-electron chi connectivity index (χ0n) is 49.0. The van der Waals surface area contributed by atoms with Gasteiger partial charge in [-0.1, -0.05) is 101 Å².